The molecule has 0 aliphatic heterocycles. The highest BCUT2D eigenvalue weighted by molar-refractivity contribution is 9.11. The monoisotopic (exact) mass is 422 g/mol. The smallest absolute Gasteiger partial charge is 0.0842 e. The van der Waals surface area contributed by atoms with Crippen LogP contribution in [0.25, 0.3) is 0 Å². The Morgan fingerprint density at radius 2 is 1.84 bits per heavy atom. The first-order valence-electron chi connectivity index (χ1n) is 5.55. The van der Waals surface area contributed by atoms with Crippen LogP contribution in [-0.4, -0.2) is 5.11 Å². The fourth-order valence-corrected chi connectivity index (χ4v) is 3.08. The van der Waals surface area contributed by atoms with E-state index in [-0.39, 0.29) is 0 Å². The van der Waals surface area contributed by atoms with Crippen molar-refractivity contribution in [1.29, 1.82) is 0 Å². The van der Waals surface area contributed by atoms with Gasteiger partial charge in [0, 0.05) is 15.4 Å². The van der Waals surface area contributed by atoms with Crippen LogP contribution in [0, 0.1) is 0 Å². The quantitative estimate of drug-likeness (QED) is 0.660. The van der Waals surface area contributed by atoms with Gasteiger partial charge >= 0.3 is 0 Å². The predicted molar refractivity (Wildman–Crippen MR) is 87.0 cm³/mol. The van der Waals surface area contributed by atoms with E-state index in [0.29, 0.717) is 16.5 Å². The van der Waals surface area contributed by atoms with Crippen LogP contribution in [0.3, 0.4) is 0 Å². The number of aliphatic hydroxyl groups excluding tert-OH is 1. The molecule has 0 saturated carbocycles. The molecule has 0 fully saturated rings. The van der Waals surface area contributed by atoms with Gasteiger partial charge in [-0.2, -0.15) is 0 Å². The lowest BCUT2D eigenvalue weighted by Gasteiger charge is -2.14. The first-order valence-corrected chi connectivity index (χ1v) is 7.89. The highest BCUT2D eigenvalue weighted by Gasteiger charge is 2.15. The third-order valence-corrected chi connectivity index (χ3v) is 4.84. The molecule has 19 heavy (non-hydrogen) atoms. The standard InChI is InChI=1S/C14H10Br2Cl2O/c15-9-4-5-11(16)10(7-9)13(19)6-8-2-1-3-12(17)14(8)18/h1-5,7,13,19H,6H2. The maximum Gasteiger partial charge on any atom is 0.0842 e. The molecule has 0 saturated heterocycles. The lowest BCUT2D eigenvalue weighted by molar-refractivity contribution is 0.177. The molecule has 0 aliphatic rings. The molecular formula is C14H10Br2Cl2O. The van der Waals surface area contributed by atoms with Crippen LogP contribution in [0.1, 0.15) is 17.2 Å². The van der Waals surface area contributed by atoms with Gasteiger partial charge in [0.15, 0.2) is 0 Å². The molecule has 0 aromatic heterocycles. The minimum absolute atomic E-state index is 0.411. The summed E-state index contributed by atoms with van der Waals surface area (Å²) in [4.78, 5) is 0. The summed E-state index contributed by atoms with van der Waals surface area (Å²) < 4.78 is 1.78. The van der Waals surface area contributed by atoms with E-state index in [2.05, 4.69) is 31.9 Å². The lowest BCUT2D eigenvalue weighted by atomic mass is 10.0. The Hall–Kier alpha value is -0.0600. The van der Waals surface area contributed by atoms with E-state index in [1.165, 1.54) is 0 Å². The van der Waals surface area contributed by atoms with Crippen molar-refractivity contribution in [3.63, 3.8) is 0 Å². The number of rotatable bonds is 3. The van der Waals surface area contributed by atoms with E-state index >= 15 is 0 Å². The summed E-state index contributed by atoms with van der Waals surface area (Å²) in [5, 5.41) is 11.3. The summed E-state index contributed by atoms with van der Waals surface area (Å²) >= 11 is 18.9. The molecule has 0 bridgehead atoms. The Morgan fingerprint density at radius 3 is 2.58 bits per heavy atom. The maximum atomic E-state index is 10.3. The summed E-state index contributed by atoms with van der Waals surface area (Å²) in [6.07, 6.45) is -0.239. The van der Waals surface area contributed by atoms with Gasteiger partial charge in [0.1, 0.15) is 0 Å². The summed E-state index contributed by atoms with van der Waals surface area (Å²) in [7, 11) is 0. The third-order valence-electron chi connectivity index (χ3n) is 2.76. The van der Waals surface area contributed by atoms with Gasteiger partial charge in [-0.05, 0) is 35.4 Å². The third kappa shape index (κ3) is 3.73. The van der Waals surface area contributed by atoms with Gasteiger partial charge in [-0.15, -0.1) is 0 Å². The predicted octanol–water partition coefficient (Wildman–Crippen LogP) is 5.79. The van der Waals surface area contributed by atoms with Gasteiger partial charge in [0.05, 0.1) is 16.1 Å². The Labute approximate surface area is 138 Å². The van der Waals surface area contributed by atoms with Crippen molar-refractivity contribution in [3.8, 4) is 0 Å². The number of aliphatic hydroxyl groups is 1. The SMILES string of the molecule is OC(Cc1cccc(Cl)c1Cl)c1cc(Br)ccc1Br. The average Bonchev–Trinajstić information content (AvgIpc) is 2.38. The molecule has 0 heterocycles. The molecule has 2 rings (SSSR count). The van der Waals surface area contributed by atoms with Gasteiger partial charge in [0.25, 0.3) is 0 Å². The van der Waals surface area contributed by atoms with E-state index in [1.807, 2.05) is 30.3 Å². The molecule has 0 amide bonds. The fourth-order valence-electron chi connectivity index (χ4n) is 1.79. The van der Waals surface area contributed by atoms with Crippen LogP contribution >= 0.6 is 55.1 Å². The molecule has 0 aliphatic carbocycles. The molecule has 2 aromatic carbocycles. The van der Waals surface area contributed by atoms with Crippen LogP contribution in [0.4, 0.5) is 0 Å². The highest BCUT2D eigenvalue weighted by atomic mass is 79.9. The molecule has 0 radical (unpaired) electrons. The van der Waals surface area contributed by atoms with E-state index in [9.17, 15) is 5.11 Å². The van der Waals surface area contributed by atoms with Crippen LogP contribution in [0.5, 0.6) is 0 Å². The van der Waals surface area contributed by atoms with Crippen molar-refractivity contribution in [2.75, 3.05) is 0 Å². The lowest BCUT2D eigenvalue weighted by Crippen LogP contribution is -2.03. The molecule has 0 spiro atoms. The van der Waals surface area contributed by atoms with E-state index in [1.54, 1.807) is 6.07 Å². The second kappa shape index (κ2) is 6.59. The van der Waals surface area contributed by atoms with Crippen molar-refractivity contribution in [3.05, 3.63) is 66.5 Å². The normalized spacial score (nSPS) is 12.5. The van der Waals surface area contributed by atoms with Crippen LogP contribution in [0.2, 0.25) is 10.0 Å². The summed E-state index contributed by atoms with van der Waals surface area (Å²) in [5.41, 5.74) is 1.64. The van der Waals surface area contributed by atoms with E-state index in [4.69, 9.17) is 23.2 Å². The van der Waals surface area contributed by atoms with Gasteiger partial charge in [-0.25, -0.2) is 0 Å². The van der Waals surface area contributed by atoms with Gasteiger partial charge in [0.2, 0.25) is 0 Å². The Morgan fingerprint density at radius 1 is 1.11 bits per heavy atom. The highest BCUT2D eigenvalue weighted by Crippen LogP contribution is 2.32. The molecule has 100 valence electrons. The van der Waals surface area contributed by atoms with Crippen molar-refractivity contribution in [2.24, 2.45) is 0 Å². The Balaban J connectivity index is 2.28. The van der Waals surface area contributed by atoms with Crippen molar-refractivity contribution >= 4 is 55.1 Å². The van der Waals surface area contributed by atoms with Crippen LogP contribution < -0.4 is 0 Å². The zero-order valence-electron chi connectivity index (χ0n) is 9.71. The Kier molecular flexibility index (Phi) is 5.32. The first kappa shape index (κ1) is 15.3. The fraction of sp³-hybridized carbons (Fsp3) is 0.143. The molecule has 1 nitrogen and oxygen atoms in total. The molecule has 1 N–H and O–H groups in total. The molecule has 1 unspecified atom stereocenters. The summed E-state index contributed by atoms with van der Waals surface area (Å²) in [6, 6.07) is 11.1. The topological polar surface area (TPSA) is 20.2 Å². The van der Waals surface area contributed by atoms with Crippen molar-refractivity contribution in [1.82, 2.24) is 0 Å². The number of hydrogen-bond acceptors (Lipinski definition) is 1. The van der Waals surface area contributed by atoms with Crippen molar-refractivity contribution < 1.29 is 5.11 Å². The van der Waals surface area contributed by atoms with E-state index < -0.39 is 6.10 Å². The van der Waals surface area contributed by atoms with Crippen LogP contribution in [0.15, 0.2) is 45.3 Å². The first-order chi connectivity index (χ1) is 8.99. The Bertz CT molecular complexity index is 602. The minimum atomic E-state index is -0.650. The average molecular weight is 425 g/mol. The maximum absolute atomic E-state index is 10.3. The van der Waals surface area contributed by atoms with Crippen LogP contribution in [-0.2, 0) is 6.42 Å². The second-order valence-electron chi connectivity index (χ2n) is 4.10. The number of halogens is 4. The molecule has 2 aromatic rings. The van der Waals surface area contributed by atoms with Gasteiger partial charge in [-0.1, -0.05) is 67.2 Å². The molecular weight excluding hydrogens is 415 g/mol. The minimum Gasteiger partial charge on any atom is -0.388 e. The largest absolute Gasteiger partial charge is 0.388 e. The van der Waals surface area contributed by atoms with Crippen molar-refractivity contribution in [2.45, 2.75) is 12.5 Å². The zero-order valence-corrected chi connectivity index (χ0v) is 14.4. The summed E-state index contributed by atoms with van der Waals surface area (Å²) in [5.74, 6) is 0. The summed E-state index contributed by atoms with van der Waals surface area (Å²) in [6.45, 7) is 0. The number of benzene rings is 2. The van der Waals surface area contributed by atoms with E-state index in [0.717, 1.165) is 20.1 Å². The number of hydrogen-bond donors (Lipinski definition) is 1. The van der Waals surface area contributed by atoms with Gasteiger partial charge in [-0.3, -0.25) is 0 Å². The van der Waals surface area contributed by atoms with Gasteiger partial charge < -0.3 is 5.11 Å². The molecule has 1 atom stereocenters. The molecule has 5 heteroatoms. The zero-order chi connectivity index (χ0) is 14.0. The second-order valence-corrected chi connectivity index (χ2v) is 6.65.